The highest BCUT2D eigenvalue weighted by Crippen LogP contribution is 2.28. The second kappa shape index (κ2) is 6.93. The lowest BCUT2D eigenvalue weighted by atomic mass is 10.1. The molecule has 3 nitrogen and oxygen atoms in total. The highest BCUT2D eigenvalue weighted by atomic mass is 79.9. The Kier molecular flexibility index (Phi) is 5.24. The minimum absolute atomic E-state index is 0.222. The summed E-state index contributed by atoms with van der Waals surface area (Å²) in [7, 11) is 0. The lowest BCUT2D eigenvalue weighted by Crippen LogP contribution is -2.14. The van der Waals surface area contributed by atoms with Crippen LogP contribution in [0.15, 0.2) is 31.9 Å². The van der Waals surface area contributed by atoms with Crippen molar-refractivity contribution in [3.8, 4) is 0 Å². The van der Waals surface area contributed by atoms with E-state index in [0.717, 1.165) is 53.3 Å². The van der Waals surface area contributed by atoms with Crippen molar-refractivity contribution < 1.29 is 4.42 Å². The molecule has 0 saturated carbocycles. The van der Waals surface area contributed by atoms with Crippen LogP contribution >= 0.6 is 15.9 Å². The van der Waals surface area contributed by atoms with Crippen LogP contribution < -0.4 is 10.9 Å². The van der Waals surface area contributed by atoms with Gasteiger partial charge in [0, 0.05) is 16.4 Å². The molecular formula is C16H20BrNO2. The molecule has 0 saturated heterocycles. The molecule has 0 aliphatic heterocycles. The minimum Gasteiger partial charge on any atom is -0.422 e. The van der Waals surface area contributed by atoms with Crippen LogP contribution in [-0.4, -0.2) is 6.54 Å². The average Bonchev–Trinajstić information content (AvgIpc) is 2.43. The maximum Gasteiger partial charge on any atom is 0.341 e. The van der Waals surface area contributed by atoms with Gasteiger partial charge >= 0.3 is 5.63 Å². The number of hydrogen-bond donors (Lipinski definition) is 1. The van der Waals surface area contributed by atoms with Gasteiger partial charge in [-0.1, -0.05) is 42.6 Å². The Morgan fingerprint density at radius 1 is 1.25 bits per heavy atom. The maximum absolute atomic E-state index is 12.1. The van der Waals surface area contributed by atoms with Gasteiger partial charge in [-0.3, -0.25) is 0 Å². The van der Waals surface area contributed by atoms with E-state index in [1.54, 1.807) is 0 Å². The topological polar surface area (TPSA) is 42.2 Å². The SMILES string of the molecule is CCCCNc1c(CCC)c(=O)oc2ccc(Br)cc12. The van der Waals surface area contributed by atoms with Crippen molar-refractivity contribution in [1.82, 2.24) is 0 Å². The number of rotatable bonds is 6. The van der Waals surface area contributed by atoms with E-state index in [2.05, 4.69) is 35.1 Å². The first kappa shape index (κ1) is 15.1. The molecule has 1 N–H and O–H groups in total. The number of anilines is 1. The Balaban J connectivity index is 2.58. The molecule has 0 fully saturated rings. The Hall–Kier alpha value is -1.29. The Morgan fingerprint density at radius 2 is 2.05 bits per heavy atom. The first-order chi connectivity index (χ1) is 9.67. The van der Waals surface area contributed by atoms with E-state index < -0.39 is 0 Å². The molecule has 1 aromatic carbocycles. The summed E-state index contributed by atoms with van der Waals surface area (Å²) in [6, 6.07) is 5.73. The van der Waals surface area contributed by atoms with E-state index in [1.807, 2.05) is 18.2 Å². The van der Waals surface area contributed by atoms with Gasteiger partial charge in [0.05, 0.1) is 11.3 Å². The predicted octanol–water partition coefficient (Wildman–Crippen LogP) is 4.72. The van der Waals surface area contributed by atoms with Crippen molar-refractivity contribution in [1.29, 1.82) is 0 Å². The van der Waals surface area contributed by atoms with E-state index in [-0.39, 0.29) is 5.63 Å². The number of hydrogen-bond acceptors (Lipinski definition) is 3. The predicted molar refractivity (Wildman–Crippen MR) is 87.6 cm³/mol. The van der Waals surface area contributed by atoms with Gasteiger partial charge in [-0.25, -0.2) is 4.79 Å². The first-order valence-corrected chi connectivity index (χ1v) is 7.95. The fraction of sp³-hybridized carbons (Fsp3) is 0.438. The van der Waals surface area contributed by atoms with Crippen molar-refractivity contribution in [2.45, 2.75) is 39.5 Å². The zero-order chi connectivity index (χ0) is 14.5. The summed E-state index contributed by atoms with van der Waals surface area (Å²) >= 11 is 3.48. The van der Waals surface area contributed by atoms with E-state index in [0.29, 0.717) is 5.58 Å². The Labute approximate surface area is 127 Å². The summed E-state index contributed by atoms with van der Waals surface area (Å²) in [5.41, 5.74) is 2.11. The second-order valence-electron chi connectivity index (χ2n) is 4.91. The molecule has 0 spiro atoms. The van der Waals surface area contributed by atoms with Crippen LogP contribution in [0.2, 0.25) is 0 Å². The highest BCUT2D eigenvalue weighted by molar-refractivity contribution is 9.10. The third-order valence-electron chi connectivity index (χ3n) is 3.29. The summed E-state index contributed by atoms with van der Waals surface area (Å²) < 4.78 is 6.42. The average molecular weight is 338 g/mol. The number of nitrogens with one attached hydrogen (secondary N) is 1. The van der Waals surface area contributed by atoms with Crippen LogP contribution in [0.1, 0.15) is 38.7 Å². The fourth-order valence-corrected chi connectivity index (χ4v) is 2.64. The van der Waals surface area contributed by atoms with Gasteiger partial charge in [-0.15, -0.1) is 0 Å². The Bertz CT molecular complexity index is 649. The number of halogens is 1. The summed E-state index contributed by atoms with van der Waals surface area (Å²) in [5, 5.41) is 4.40. The van der Waals surface area contributed by atoms with Crippen molar-refractivity contribution in [2.75, 3.05) is 11.9 Å². The molecule has 4 heteroatoms. The lowest BCUT2D eigenvalue weighted by molar-refractivity contribution is 0.549. The van der Waals surface area contributed by atoms with Crippen molar-refractivity contribution in [2.24, 2.45) is 0 Å². The van der Waals surface area contributed by atoms with Crippen LogP contribution in [0.4, 0.5) is 5.69 Å². The lowest BCUT2D eigenvalue weighted by Gasteiger charge is -2.13. The van der Waals surface area contributed by atoms with Crippen LogP contribution in [0.3, 0.4) is 0 Å². The summed E-state index contributed by atoms with van der Waals surface area (Å²) in [5.74, 6) is 0. The second-order valence-corrected chi connectivity index (χ2v) is 5.83. The minimum atomic E-state index is -0.222. The van der Waals surface area contributed by atoms with Gasteiger partial charge in [0.1, 0.15) is 5.58 Å². The molecule has 1 heterocycles. The molecule has 0 aliphatic rings. The fourth-order valence-electron chi connectivity index (χ4n) is 2.28. The third-order valence-corrected chi connectivity index (χ3v) is 3.79. The zero-order valence-electron chi connectivity index (χ0n) is 12.0. The highest BCUT2D eigenvalue weighted by Gasteiger charge is 2.13. The maximum atomic E-state index is 12.1. The van der Waals surface area contributed by atoms with E-state index >= 15 is 0 Å². The van der Waals surface area contributed by atoms with Gasteiger partial charge in [0.2, 0.25) is 0 Å². The number of fused-ring (bicyclic) bond motifs is 1. The van der Waals surface area contributed by atoms with Gasteiger partial charge in [-0.05, 0) is 31.0 Å². The normalized spacial score (nSPS) is 10.9. The summed E-state index contributed by atoms with van der Waals surface area (Å²) in [6.45, 7) is 5.10. The molecule has 2 rings (SSSR count). The zero-order valence-corrected chi connectivity index (χ0v) is 13.5. The molecule has 20 heavy (non-hydrogen) atoms. The van der Waals surface area contributed by atoms with E-state index in [9.17, 15) is 4.79 Å². The van der Waals surface area contributed by atoms with E-state index in [4.69, 9.17) is 4.42 Å². The van der Waals surface area contributed by atoms with Gasteiger partial charge in [-0.2, -0.15) is 0 Å². The molecule has 0 bridgehead atoms. The van der Waals surface area contributed by atoms with E-state index in [1.165, 1.54) is 0 Å². The molecule has 0 amide bonds. The van der Waals surface area contributed by atoms with Crippen LogP contribution in [0.25, 0.3) is 11.0 Å². The molecule has 108 valence electrons. The van der Waals surface area contributed by atoms with Crippen LogP contribution in [0, 0.1) is 0 Å². The standard InChI is InChI=1S/C16H20BrNO2/c1-3-5-9-18-15-12(6-4-2)16(19)20-14-8-7-11(17)10-13(14)15/h7-8,10,18H,3-6,9H2,1-2H3. The van der Waals surface area contributed by atoms with Crippen molar-refractivity contribution in [3.63, 3.8) is 0 Å². The molecule has 0 radical (unpaired) electrons. The smallest absolute Gasteiger partial charge is 0.341 e. The molecule has 0 aliphatic carbocycles. The monoisotopic (exact) mass is 337 g/mol. The third kappa shape index (κ3) is 3.23. The first-order valence-electron chi connectivity index (χ1n) is 7.16. The number of unbranched alkanes of at least 4 members (excludes halogenated alkanes) is 1. The number of benzene rings is 1. The molecule has 1 aromatic heterocycles. The summed E-state index contributed by atoms with van der Waals surface area (Å²) in [6.07, 6.45) is 3.87. The summed E-state index contributed by atoms with van der Waals surface area (Å²) in [4.78, 5) is 12.1. The Morgan fingerprint density at radius 3 is 2.75 bits per heavy atom. The molecule has 0 atom stereocenters. The van der Waals surface area contributed by atoms with Crippen molar-refractivity contribution in [3.05, 3.63) is 38.7 Å². The van der Waals surface area contributed by atoms with Gasteiger partial charge in [0.25, 0.3) is 0 Å². The molecular weight excluding hydrogens is 318 g/mol. The van der Waals surface area contributed by atoms with Crippen molar-refractivity contribution >= 4 is 32.6 Å². The van der Waals surface area contributed by atoms with Gasteiger partial charge in [0.15, 0.2) is 0 Å². The van der Waals surface area contributed by atoms with Gasteiger partial charge < -0.3 is 9.73 Å². The quantitative estimate of drug-likeness (QED) is 0.612. The molecule has 0 unspecified atom stereocenters. The largest absolute Gasteiger partial charge is 0.422 e. The van der Waals surface area contributed by atoms with Crippen LogP contribution in [0.5, 0.6) is 0 Å². The molecule has 2 aromatic rings. The van der Waals surface area contributed by atoms with Crippen LogP contribution in [-0.2, 0) is 6.42 Å².